The van der Waals surface area contributed by atoms with Gasteiger partial charge in [-0.1, -0.05) is 129 Å². The van der Waals surface area contributed by atoms with E-state index < -0.39 is 23.9 Å². The number of hydrogen-bond donors (Lipinski definition) is 2. The van der Waals surface area contributed by atoms with Crippen molar-refractivity contribution in [3.8, 4) is 11.1 Å². The summed E-state index contributed by atoms with van der Waals surface area (Å²) in [5, 5.41) is 5.35. The number of nitrogens with one attached hydrogen (secondary N) is 1. The van der Waals surface area contributed by atoms with E-state index in [1.54, 1.807) is 4.90 Å². The quantitative estimate of drug-likeness (QED) is 0.143. The highest BCUT2D eigenvalue weighted by Gasteiger charge is 2.40. The van der Waals surface area contributed by atoms with Gasteiger partial charge in [0.15, 0.2) is 0 Å². The van der Waals surface area contributed by atoms with Crippen molar-refractivity contribution >= 4 is 39.9 Å². The summed E-state index contributed by atoms with van der Waals surface area (Å²) in [5.74, 6) is -2.02. The van der Waals surface area contributed by atoms with Crippen LogP contribution in [0.1, 0.15) is 55.7 Å². The second-order valence-electron chi connectivity index (χ2n) is 13.5. The van der Waals surface area contributed by atoms with Crippen LogP contribution in [0.5, 0.6) is 0 Å². The van der Waals surface area contributed by atoms with Crippen molar-refractivity contribution in [2.24, 2.45) is 28.5 Å². The summed E-state index contributed by atoms with van der Waals surface area (Å²) in [4.78, 5) is 48.2. The Morgan fingerprint density at radius 3 is 2.26 bits per heavy atom. The van der Waals surface area contributed by atoms with Crippen LogP contribution >= 0.6 is 0 Å². The maximum absolute atomic E-state index is 14.7. The van der Waals surface area contributed by atoms with E-state index in [-0.39, 0.29) is 18.4 Å². The molecule has 252 valence electrons. The van der Waals surface area contributed by atoms with Crippen LogP contribution in [0.3, 0.4) is 0 Å². The van der Waals surface area contributed by atoms with Crippen molar-refractivity contribution in [3.05, 3.63) is 138 Å². The van der Waals surface area contributed by atoms with Crippen molar-refractivity contribution < 1.29 is 14.4 Å². The zero-order chi connectivity index (χ0) is 34.6. The number of carbonyl (C=O) groups excluding carboxylic acids is 3. The number of nitrogens with two attached hydrogens (primary N) is 1. The number of carbonyl (C=O) groups is 3. The highest BCUT2D eigenvalue weighted by Crippen LogP contribution is 2.39. The first-order chi connectivity index (χ1) is 24.4. The third-order valence-corrected chi connectivity index (χ3v) is 9.96. The fraction of sp³-hybridized carbons (Fsp3) is 0.256. The number of nitrogens with zero attached hydrogens (tertiary/aromatic N) is 2. The summed E-state index contributed by atoms with van der Waals surface area (Å²) in [6, 6.07) is 40.4. The van der Waals surface area contributed by atoms with Gasteiger partial charge < -0.3 is 16.0 Å². The lowest BCUT2D eigenvalue weighted by Gasteiger charge is -2.28. The van der Waals surface area contributed by atoms with Gasteiger partial charge in [-0.05, 0) is 64.4 Å². The first-order valence-corrected chi connectivity index (χ1v) is 17.6. The summed E-state index contributed by atoms with van der Waals surface area (Å²) >= 11 is 0. The summed E-state index contributed by atoms with van der Waals surface area (Å²) < 4.78 is 0. The van der Waals surface area contributed by atoms with Gasteiger partial charge in [-0.15, -0.1) is 0 Å². The van der Waals surface area contributed by atoms with Gasteiger partial charge in [0.2, 0.25) is 18.0 Å². The van der Waals surface area contributed by atoms with Crippen LogP contribution in [0.15, 0.2) is 126 Å². The molecule has 1 heterocycles. The minimum atomic E-state index is -1.20. The summed E-state index contributed by atoms with van der Waals surface area (Å²) in [5.41, 5.74) is 11.9. The summed E-state index contributed by atoms with van der Waals surface area (Å²) in [6.45, 7) is 2.25. The van der Waals surface area contributed by atoms with Gasteiger partial charge >= 0.3 is 0 Å². The van der Waals surface area contributed by atoms with Crippen molar-refractivity contribution in [1.29, 1.82) is 0 Å². The second kappa shape index (κ2) is 14.5. The van der Waals surface area contributed by atoms with Crippen LogP contribution < -0.4 is 16.0 Å². The number of fused-ring (bicyclic) bond motifs is 2. The van der Waals surface area contributed by atoms with Crippen LogP contribution in [-0.2, 0) is 20.9 Å². The molecular formula is C43H42N4O3. The minimum Gasteiger partial charge on any atom is -0.369 e. The van der Waals surface area contributed by atoms with E-state index in [1.165, 1.54) is 5.39 Å². The summed E-state index contributed by atoms with van der Waals surface area (Å²) in [6.07, 6.45) is 2.67. The van der Waals surface area contributed by atoms with Gasteiger partial charge in [-0.25, -0.2) is 4.99 Å². The monoisotopic (exact) mass is 662 g/mol. The Hall–Kier alpha value is -5.56. The van der Waals surface area contributed by atoms with Crippen LogP contribution in [0.4, 0.5) is 5.69 Å². The third-order valence-electron chi connectivity index (χ3n) is 9.96. The zero-order valence-corrected chi connectivity index (χ0v) is 28.3. The van der Waals surface area contributed by atoms with Crippen molar-refractivity contribution in [2.45, 2.75) is 51.7 Å². The molecule has 7 heteroatoms. The lowest BCUT2D eigenvalue weighted by molar-refractivity contribution is -0.135. The molecule has 2 aliphatic rings. The second-order valence-corrected chi connectivity index (χ2v) is 13.5. The molecule has 5 aromatic carbocycles. The fourth-order valence-electron chi connectivity index (χ4n) is 7.17. The minimum absolute atomic E-state index is 0.270. The Morgan fingerprint density at radius 1 is 0.800 bits per heavy atom. The standard InChI is InChI=1S/C43H42N4O3/c1-2-11-35(40(44)48)37(25-28-20-21-28)42(49)46-41-43(50)47(38-19-9-8-18-36(38)39(45-41)31-14-4-3-5-15-31)27-29-12-10-17-32(24-29)34-23-22-30-13-6-7-16-33(30)26-34/h3-10,12-19,22-24,26,28,35,37,41H,2,11,20-21,25,27H2,1H3,(H2,44,48)(H,46,49). The average Bonchev–Trinajstić information content (AvgIpc) is 3.98. The maximum Gasteiger partial charge on any atom is 0.272 e. The van der Waals surface area contributed by atoms with Crippen LogP contribution in [0, 0.1) is 17.8 Å². The molecule has 3 unspecified atom stereocenters. The highest BCUT2D eigenvalue weighted by molar-refractivity contribution is 6.20. The van der Waals surface area contributed by atoms with Gasteiger partial charge in [-0.2, -0.15) is 0 Å². The fourth-order valence-corrected chi connectivity index (χ4v) is 7.17. The smallest absolute Gasteiger partial charge is 0.272 e. The first-order valence-electron chi connectivity index (χ1n) is 17.6. The molecule has 0 radical (unpaired) electrons. The average molecular weight is 663 g/mol. The number of benzodiazepines with no additional fused rings is 1. The molecular weight excluding hydrogens is 620 g/mol. The number of para-hydroxylation sites is 1. The molecule has 7 nitrogen and oxygen atoms in total. The Balaban J connectivity index is 1.26. The maximum atomic E-state index is 14.7. The number of rotatable bonds is 12. The largest absolute Gasteiger partial charge is 0.369 e. The van der Waals surface area contributed by atoms with Gasteiger partial charge in [0, 0.05) is 23.0 Å². The first kappa shape index (κ1) is 33.0. The van der Waals surface area contributed by atoms with E-state index in [0.717, 1.165) is 52.5 Å². The molecule has 0 bridgehead atoms. The van der Waals surface area contributed by atoms with E-state index >= 15 is 0 Å². The summed E-state index contributed by atoms with van der Waals surface area (Å²) in [7, 11) is 0. The van der Waals surface area contributed by atoms with Gasteiger partial charge in [0.25, 0.3) is 5.91 Å². The Kier molecular flexibility index (Phi) is 9.56. The number of anilines is 1. The molecule has 3 amide bonds. The van der Waals surface area contributed by atoms with Gasteiger partial charge in [-0.3, -0.25) is 14.4 Å². The number of benzene rings is 5. The molecule has 1 aliphatic heterocycles. The van der Waals surface area contributed by atoms with Crippen molar-refractivity contribution in [1.82, 2.24) is 5.32 Å². The normalized spacial score (nSPS) is 17.0. The molecule has 1 fully saturated rings. The number of aliphatic imine (C=N–C) groups is 1. The Labute approximate surface area is 293 Å². The SMILES string of the molecule is CCCC(C(N)=O)C(CC1CC1)C(=O)NC1N=C(c2ccccc2)c2ccccc2N(Cc2cccc(-c3ccc4ccccc4c3)c2)C1=O. The zero-order valence-electron chi connectivity index (χ0n) is 28.3. The van der Waals surface area contributed by atoms with Crippen LogP contribution in [0.2, 0.25) is 0 Å². The lowest BCUT2D eigenvalue weighted by atomic mass is 9.83. The molecule has 5 aromatic rings. The van der Waals surface area contributed by atoms with Gasteiger partial charge in [0.05, 0.1) is 17.9 Å². The number of hydrogen-bond acceptors (Lipinski definition) is 4. The molecule has 3 atom stereocenters. The molecule has 0 spiro atoms. The van der Waals surface area contributed by atoms with E-state index in [9.17, 15) is 14.4 Å². The van der Waals surface area contributed by atoms with E-state index in [1.807, 2.05) is 85.8 Å². The molecule has 3 N–H and O–H groups in total. The predicted molar refractivity (Wildman–Crippen MR) is 199 cm³/mol. The third kappa shape index (κ3) is 7.08. The molecule has 7 rings (SSSR count). The number of amides is 3. The van der Waals surface area contributed by atoms with Crippen LogP contribution in [0.25, 0.3) is 21.9 Å². The van der Waals surface area contributed by atoms with Gasteiger partial charge in [0.1, 0.15) is 0 Å². The van der Waals surface area contributed by atoms with Crippen molar-refractivity contribution in [2.75, 3.05) is 4.90 Å². The topological polar surface area (TPSA) is 105 Å². The van der Waals surface area contributed by atoms with E-state index in [0.29, 0.717) is 30.2 Å². The van der Waals surface area contributed by atoms with Crippen molar-refractivity contribution in [3.63, 3.8) is 0 Å². The highest BCUT2D eigenvalue weighted by atomic mass is 16.2. The number of primary amides is 1. The Morgan fingerprint density at radius 2 is 1.50 bits per heavy atom. The molecule has 0 aromatic heterocycles. The van der Waals surface area contributed by atoms with Crippen LogP contribution in [-0.4, -0.2) is 29.6 Å². The molecule has 0 saturated heterocycles. The van der Waals surface area contributed by atoms with E-state index in [4.69, 9.17) is 10.7 Å². The molecule has 1 saturated carbocycles. The Bertz CT molecular complexity index is 2070. The lowest BCUT2D eigenvalue weighted by Crippen LogP contribution is -2.50. The van der Waals surface area contributed by atoms with E-state index in [2.05, 4.69) is 47.8 Å². The molecule has 1 aliphatic carbocycles. The molecule has 50 heavy (non-hydrogen) atoms. The predicted octanol–water partition coefficient (Wildman–Crippen LogP) is 7.65.